The van der Waals surface area contributed by atoms with E-state index < -0.39 is 0 Å². The second kappa shape index (κ2) is 3.53. The van der Waals surface area contributed by atoms with E-state index in [4.69, 9.17) is 0 Å². The Hall–Kier alpha value is -2.02. The first-order valence-corrected chi connectivity index (χ1v) is 5.44. The Balaban J connectivity index is 2.34. The van der Waals surface area contributed by atoms with Crippen LogP contribution in [-0.4, -0.2) is 0 Å². The minimum Gasteiger partial charge on any atom is -0.252 e. The summed E-state index contributed by atoms with van der Waals surface area (Å²) in [7, 11) is 0. The zero-order chi connectivity index (χ0) is 11.0. The maximum absolute atomic E-state index is 4.66. The van der Waals surface area contributed by atoms with E-state index >= 15 is 0 Å². The highest BCUT2D eigenvalue weighted by Crippen LogP contribution is 2.13. The molecule has 0 saturated heterocycles. The highest BCUT2D eigenvalue weighted by molar-refractivity contribution is 5.73. The highest BCUT2D eigenvalue weighted by atomic mass is 14.9. The molecule has 0 unspecified atom stereocenters. The molecule has 0 bridgehead atoms. The van der Waals surface area contributed by atoms with Gasteiger partial charge < -0.3 is 0 Å². The minimum atomic E-state index is 1.09. The number of hydrogen-bond acceptors (Lipinski definition) is 0. The van der Waals surface area contributed by atoms with Crippen LogP contribution in [0.2, 0.25) is 0 Å². The quantitative estimate of drug-likeness (QED) is 0.672. The van der Waals surface area contributed by atoms with Gasteiger partial charge in [0.1, 0.15) is 0 Å². The van der Waals surface area contributed by atoms with Gasteiger partial charge in [-0.05, 0) is 6.92 Å². The predicted octanol–water partition coefficient (Wildman–Crippen LogP) is 1.59. The molecule has 77 valence electrons. The van der Waals surface area contributed by atoms with Crippen LogP contribution in [0.15, 0.2) is 54.6 Å². The molecule has 2 aromatic carbocycles. The summed E-state index contributed by atoms with van der Waals surface area (Å²) in [6.07, 6.45) is 0. The molecule has 0 spiro atoms. The van der Waals surface area contributed by atoms with E-state index in [-0.39, 0.29) is 0 Å². The average Bonchev–Trinajstić information content (AvgIpc) is 2.69. The van der Waals surface area contributed by atoms with Gasteiger partial charge in [-0.2, -0.15) is 0 Å². The number of fused-ring (bicyclic) bond motifs is 1. The standard InChI is InChI=1S/C15H12N/c1-11-13-9-5-6-10-14(13)15(16-11)12-7-3-2-4-8-12/h2-10H,1H3. The van der Waals surface area contributed by atoms with Gasteiger partial charge in [0.15, 0.2) is 0 Å². The number of rotatable bonds is 1. The van der Waals surface area contributed by atoms with Crippen molar-refractivity contribution < 1.29 is 0 Å². The topological polar surface area (TPSA) is 14.1 Å². The average molecular weight is 206 g/mol. The van der Waals surface area contributed by atoms with Gasteiger partial charge in [0.25, 0.3) is 0 Å². The van der Waals surface area contributed by atoms with Crippen molar-refractivity contribution in [2.45, 2.75) is 6.92 Å². The lowest BCUT2D eigenvalue weighted by Crippen LogP contribution is -2.23. The summed E-state index contributed by atoms with van der Waals surface area (Å²) < 4.78 is 0. The monoisotopic (exact) mass is 206 g/mol. The first-order valence-electron chi connectivity index (χ1n) is 5.44. The van der Waals surface area contributed by atoms with Gasteiger partial charge in [-0.3, -0.25) is 5.32 Å². The fourth-order valence-electron chi connectivity index (χ4n) is 2.11. The molecule has 0 fully saturated rings. The van der Waals surface area contributed by atoms with Crippen molar-refractivity contribution in [2.75, 3.05) is 0 Å². The maximum atomic E-state index is 4.66. The van der Waals surface area contributed by atoms with Crippen molar-refractivity contribution in [3.8, 4) is 0 Å². The van der Waals surface area contributed by atoms with Crippen molar-refractivity contribution in [1.29, 1.82) is 0 Å². The summed E-state index contributed by atoms with van der Waals surface area (Å²) in [5, 5.41) is 7.15. The molecular weight excluding hydrogens is 194 g/mol. The van der Waals surface area contributed by atoms with Gasteiger partial charge >= 0.3 is 0 Å². The number of benzene rings is 2. The molecular formula is C15H12N. The second-order valence-corrected chi connectivity index (χ2v) is 3.96. The van der Waals surface area contributed by atoms with Crippen LogP contribution in [0.1, 0.15) is 12.5 Å². The van der Waals surface area contributed by atoms with Crippen LogP contribution in [0.3, 0.4) is 0 Å². The first kappa shape index (κ1) is 9.22. The van der Waals surface area contributed by atoms with E-state index in [1.807, 2.05) is 18.2 Å². The molecule has 0 aromatic heterocycles. The largest absolute Gasteiger partial charge is 0.252 e. The molecule has 0 amide bonds. The Kier molecular flexibility index (Phi) is 2.03. The van der Waals surface area contributed by atoms with Crippen LogP contribution < -0.4 is 15.8 Å². The molecule has 0 atom stereocenters. The summed E-state index contributed by atoms with van der Waals surface area (Å²) >= 11 is 0. The van der Waals surface area contributed by atoms with E-state index in [1.54, 1.807) is 0 Å². The zero-order valence-electron chi connectivity index (χ0n) is 9.14. The van der Waals surface area contributed by atoms with Crippen molar-refractivity contribution in [2.24, 2.45) is 0 Å². The van der Waals surface area contributed by atoms with E-state index in [1.165, 1.54) is 16.0 Å². The molecule has 16 heavy (non-hydrogen) atoms. The molecule has 1 nitrogen and oxygen atoms in total. The SMILES string of the molecule is CC1=c2ccccc2=C(c2ccccc2)[N]1. The number of hydrogen-bond donors (Lipinski definition) is 0. The lowest BCUT2D eigenvalue weighted by Gasteiger charge is -2.02. The minimum absolute atomic E-state index is 1.09. The Morgan fingerprint density at radius 2 is 1.38 bits per heavy atom. The van der Waals surface area contributed by atoms with Crippen LogP contribution in [0.4, 0.5) is 0 Å². The van der Waals surface area contributed by atoms with Gasteiger partial charge in [0.05, 0.1) is 5.70 Å². The Labute approximate surface area is 94.7 Å². The third-order valence-electron chi connectivity index (χ3n) is 2.90. The fourth-order valence-corrected chi connectivity index (χ4v) is 2.11. The van der Waals surface area contributed by atoms with E-state index in [0.29, 0.717) is 0 Å². The van der Waals surface area contributed by atoms with Gasteiger partial charge in [-0.15, -0.1) is 0 Å². The van der Waals surface area contributed by atoms with Crippen molar-refractivity contribution in [1.82, 2.24) is 5.32 Å². The molecule has 3 rings (SSSR count). The third kappa shape index (κ3) is 1.33. The summed E-state index contributed by atoms with van der Waals surface area (Å²) in [6, 6.07) is 18.7. The Morgan fingerprint density at radius 3 is 2.12 bits per heavy atom. The Bertz CT molecular complexity index is 639. The zero-order valence-corrected chi connectivity index (χ0v) is 9.14. The van der Waals surface area contributed by atoms with Crippen LogP contribution >= 0.6 is 0 Å². The summed E-state index contributed by atoms with van der Waals surface area (Å²) in [5.74, 6) is 0. The molecule has 1 aliphatic heterocycles. The van der Waals surface area contributed by atoms with Crippen LogP contribution in [0, 0.1) is 0 Å². The second-order valence-electron chi connectivity index (χ2n) is 3.96. The van der Waals surface area contributed by atoms with E-state index in [9.17, 15) is 0 Å². The van der Waals surface area contributed by atoms with Gasteiger partial charge in [-0.25, -0.2) is 0 Å². The number of nitrogens with zero attached hydrogens (tertiary/aromatic N) is 1. The predicted molar refractivity (Wildman–Crippen MR) is 65.9 cm³/mol. The normalized spacial score (nSPS) is 13.6. The molecule has 1 aliphatic rings. The molecule has 0 N–H and O–H groups in total. The van der Waals surface area contributed by atoms with Crippen molar-refractivity contribution in [3.63, 3.8) is 0 Å². The van der Waals surface area contributed by atoms with Gasteiger partial charge in [0, 0.05) is 21.7 Å². The summed E-state index contributed by atoms with van der Waals surface area (Å²) in [4.78, 5) is 0. The van der Waals surface area contributed by atoms with E-state index in [2.05, 4.69) is 48.6 Å². The molecule has 1 radical (unpaired) electrons. The molecule has 1 heteroatoms. The molecule has 0 saturated carbocycles. The van der Waals surface area contributed by atoms with Crippen LogP contribution in [0.25, 0.3) is 11.4 Å². The smallest absolute Gasteiger partial charge is 0.0784 e. The molecule has 2 aromatic rings. The summed E-state index contributed by atoms with van der Waals surface area (Å²) in [6.45, 7) is 2.06. The third-order valence-corrected chi connectivity index (χ3v) is 2.90. The maximum Gasteiger partial charge on any atom is 0.0784 e. The first-order chi connectivity index (χ1) is 7.86. The molecule has 1 heterocycles. The fraction of sp³-hybridized carbons (Fsp3) is 0.0667. The van der Waals surface area contributed by atoms with E-state index in [0.717, 1.165) is 11.4 Å². The highest BCUT2D eigenvalue weighted by Gasteiger charge is 2.12. The van der Waals surface area contributed by atoms with Crippen LogP contribution in [0.5, 0.6) is 0 Å². The van der Waals surface area contributed by atoms with Crippen molar-refractivity contribution >= 4 is 11.4 Å². The summed E-state index contributed by atoms with van der Waals surface area (Å²) in [5.41, 5.74) is 3.38. The van der Waals surface area contributed by atoms with Crippen LogP contribution in [-0.2, 0) is 0 Å². The van der Waals surface area contributed by atoms with Gasteiger partial charge in [0.2, 0.25) is 0 Å². The van der Waals surface area contributed by atoms with Crippen molar-refractivity contribution in [3.05, 3.63) is 70.6 Å². The lowest BCUT2D eigenvalue weighted by molar-refractivity contribution is 1.21. The molecule has 0 aliphatic carbocycles. The Morgan fingerprint density at radius 1 is 0.750 bits per heavy atom. The van der Waals surface area contributed by atoms with Gasteiger partial charge in [-0.1, -0.05) is 54.6 Å². The lowest BCUT2D eigenvalue weighted by atomic mass is 10.1.